The van der Waals surface area contributed by atoms with E-state index in [9.17, 15) is 4.79 Å². The highest BCUT2D eigenvalue weighted by atomic mass is 16.1. The van der Waals surface area contributed by atoms with E-state index in [1.165, 1.54) is 12.8 Å². The smallest absolute Gasteiger partial charge is 0.251 e. The Morgan fingerprint density at radius 1 is 1.14 bits per heavy atom. The number of aromatic nitrogens is 3. The van der Waals surface area contributed by atoms with Gasteiger partial charge in [0.15, 0.2) is 0 Å². The Morgan fingerprint density at radius 2 is 1.90 bits per heavy atom. The van der Waals surface area contributed by atoms with Crippen molar-refractivity contribution in [2.75, 3.05) is 18.0 Å². The third-order valence-corrected chi connectivity index (χ3v) is 3.47. The van der Waals surface area contributed by atoms with Crippen LogP contribution in [0.15, 0.2) is 36.8 Å². The number of pyridine rings is 1. The topological polar surface area (TPSA) is 71.0 Å². The molecule has 3 heterocycles. The average Bonchev–Trinajstić information content (AvgIpc) is 3.08. The average molecular weight is 283 g/mol. The van der Waals surface area contributed by atoms with Crippen LogP contribution in [0.2, 0.25) is 0 Å². The van der Waals surface area contributed by atoms with Crippen LogP contribution in [0.3, 0.4) is 0 Å². The lowest BCUT2D eigenvalue weighted by molar-refractivity contribution is 0.0949. The van der Waals surface area contributed by atoms with Crippen molar-refractivity contribution in [3.8, 4) is 0 Å². The lowest BCUT2D eigenvalue weighted by atomic mass is 10.2. The molecule has 1 aliphatic heterocycles. The van der Waals surface area contributed by atoms with Gasteiger partial charge in [0, 0.05) is 37.2 Å². The number of carbonyl (C=O) groups is 1. The molecule has 0 spiro atoms. The van der Waals surface area contributed by atoms with E-state index in [4.69, 9.17) is 0 Å². The summed E-state index contributed by atoms with van der Waals surface area (Å²) in [7, 11) is 0. The van der Waals surface area contributed by atoms with Crippen molar-refractivity contribution in [1.29, 1.82) is 0 Å². The van der Waals surface area contributed by atoms with Crippen molar-refractivity contribution in [3.63, 3.8) is 0 Å². The molecule has 0 aromatic carbocycles. The third-order valence-electron chi connectivity index (χ3n) is 3.47. The van der Waals surface area contributed by atoms with Crippen molar-refractivity contribution < 1.29 is 4.79 Å². The van der Waals surface area contributed by atoms with E-state index in [0.29, 0.717) is 17.9 Å². The molecule has 0 radical (unpaired) electrons. The number of hydrogen-bond donors (Lipinski definition) is 1. The minimum Gasteiger partial charge on any atom is -0.357 e. The Labute approximate surface area is 123 Å². The van der Waals surface area contributed by atoms with E-state index >= 15 is 0 Å². The van der Waals surface area contributed by atoms with Crippen LogP contribution < -0.4 is 10.2 Å². The SMILES string of the molecule is O=C(NCc1nccc(N2CCCC2)n1)c1ccncc1. The predicted octanol–water partition coefficient (Wildman–Crippen LogP) is 1.40. The first-order valence-electron chi connectivity index (χ1n) is 7.08. The largest absolute Gasteiger partial charge is 0.357 e. The van der Waals surface area contributed by atoms with Crippen LogP contribution in [0.4, 0.5) is 5.82 Å². The summed E-state index contributed by atoms with van der Waals surface area (Å²) in [5, 5.41) is 2.82. The molecule has 0 unspecified atom stereocenters. The Kier molecular flexibility index (Phi) is 4.04. The summed E-state index contributed by atoms with van der Waals surface area (Å²) in [6.45, 7) is 2.41. The van der Waals surface area contributed by atoms with Gasteiger partial charge in [0.25, 0.3) is 5.91 Å². The minimum absolute atomic E-state index is 0.146. The molecule has 0 saturated carbocycles. The second-order valence-electron chi connectivity index (χ2n) is 4.94. The van der Waals surface area contributed by atoms with Crippen LogP contribution in [-0.2, 0) is 6.54 Å². The molecular formula is C15H17N5O. The zero-order chi connectivity index (χ0) is 14.5. The highest BCUT2D eigenvalue weighted by molar-refractivity contribution is 5.93. The van der Waals surface area contributed by atoms with Crippen molar-refractivity contribution >= 4 is 11.7 Å². The van der Waals surface area contributed by atoms with Crippen LogP contribution in [0.25, 0.3) is 0 Å². The molecule has 1 aliphatic rings. The number of anilines is 1. The maximum atomic E-state index is 12.0. The van der Waals surface area contributed by atoms with Gasteiger partial charge >= 0.3 is 0 Å². The fourth-order valence-electron chi connectivity index (χ4n) is 2.36. The monoisotopic (exact) mass is 283 g/mol. The molecule has 1 fully saturated rings. The normalized spacial score (nSPS) is 14.2. The first-order valence-corrected chi connectivity index (χ1v) is 7.08. The summed E-state index contributed by atoms with van der Waals surface area (Å²) < 4.78 is 0. The molecule has 2 aromatic heterocycles. The van der Waals surface area contributed by atoms with Crippen molar-refractivity contribution in [3.05, 3.63) is 48.2 Å². The highest BCUT2D eigenvalue weighted by Gasteiger charge is 2.14. The molecule has 21 heavy (non-hydrogen) atoms. The standard InChI is InChI=1S/C15H17N5O/c21-15(12-3-6-16-7-4-12)18-11-13-17-8-5-14(19-13)20-9-1-2-10-20/h3-8H,1-2,9-11H2,(H,18,21). The predicted molar refractivity (Wildman–Crippen MR) is 78.9 cm³/mol. The lowest BCUT2D eigenvalue weighted by Gasteiger charge is -2.16. The van der Waals surface area contributed by atoms with Gasteiger partial charge < -0.3 is 10.2 Å². The van der Waals surface area contributed by atoms with Crippen LogP contribution in [0, 0.1) is 0 Å². The van der Waals surface area contributed by atoms with E-state index < -0.39 is 0 Å². The van der Waals surface area contributed by atoms with Gasteiger partial charge in [-0.1, -0.05) is 0 Å². The third kappa shape index (κ3) is 3.34. The van der Waals surface area contributed by atoms with Gasteiger partial charge in [-0.3, -0.25) is 9.78 Å². The molecule has 108 valence electrons. The number of nitrogens with one attached hydrogen (secondary N) is 1. The molecule has 1 amide bonds. The first kappa shape index (κ1) is 13.5. The zero-order valence-electron chi connectivity index (χ0n) is 11.7. The Hall–Kier alpha value is -2.50. The molecule has 0 bridgehead atoms. The van der Waals surface area contributed by atoms with Crippen molar-refractivity contribution in [2.45, 2.75) is 19.4 Å². The van der Waals surface area contributed by atoms with Gasteiger partial charge in [-0.25, -0.2) is 9.97 Å². The van der Waals surface area contributed by atoms with Gasteiger partial charge in [-0.2, -0.15) is 0 Å². The van der Waals surface area contributed by atoms with Crippen LogP contribution >= 0.6 is 0 Å². The van der Waals surface area contributed by atoms with Gasteiger partial charge in [-0.05, 0) is 31.0 Å². The molecule has 1 N–H and O–H groups in total. The van der Waals surface area contributed by atoms with Gasteiger partial charge in [0.05, 0.1) is 6.54 Å². The second kappa shape index (κ2) is 6.30. The lowest BCUT2D eigenvalue weighted by Crippen LogP contribution is -2.25. The second-order valence-corrected chi connectivity index (χ2v) is 4.94. The number of rotatable bonds is 4. The quantitative estimate of drug-likeness (QED) is 0.918. The van der Waals surface area contributed by atoms with E-state index in [0.717, 1.165) is 18.9 Å². The van der Waals surface area contributed by atoms with Crippen molar-refractivity contribution in [2.24, 2.45) is 0 Å². The molecule has 0 aliphatic carbocycles. The van der Waals surface area contributed by atoms with E-state index in [1.807, 2.05) is 6.07 Å². The van der Waals surface area contributed by atoms with Gasteiger partial charge in [0.2, 0.25) is 0 Å². The summed E-state index contributed by atoms with van der Waals surface area (Å²) in [6, 6.07) is 5.27. The highest BCUT2D eigenvalue weighted by Crippen LogP contribution is 2.16. The summed E-state index contributed by atoms with van der Waals surface area (Å²) in [5.74, 6) is 1.42. The van der Waals surface area contributed by atoms with E-state index in [2.05, 4.69) is 25.2 Å². The fraction of sp³-hybridized carbons (Fsp3) is 0.333. The van der Waals surface area contributed by atoms with E-state index in [1.54, 1.807) is 30.7 Å². The summed E-state index contributed by atoms with van der Waals surface area (Å²) in [4.78, 5) is 26.8. The number of carbonyl (C=O) groups excluding carboxylic acids is 1. The van der Waals surface area contributed by atoms with Crippen LogP contribution in [0.5, 0.6) is 0 Å². The van der Waals surface area contributed by atoms with Crippen LogP contribution in [-0.4, -0.2) is 33.9 Å². The number of nitrogens with zero attached hydrogens (tertiary/aromatic N) is 4. The zero-order valence-corrected chi connectivity index (χ0v) is 11.7. The van der Waals surface area contributed by atoms with Gasteiger partial charge in [0.1, 0.15) is 11.6 Å². The molecule has 1 saturated heterocycles. The number of amides is 1. The van der Waals surface area contributed by atoms with Crippen LogP contribution in [0.1, 0.15) is 29.0 Å². The molecule has 6 heteroatoms. The maximum Gasteiger partial charge on any atom is 0.251 e. The maximum absolute atomic E-state index is 12.0. The van der Waals surface area contributed by atoms with Gasteiger partial charge in [-0.15, -0.1) is 0 Å². The Bertz CT molecular complexity index is 610. The number of hydrogen-bond acceptors (Lipinski definition) is 5. The Balaban J connectivity index is 1.63. The summed E-state index contributed by atoms with van der Waals surface area (Å²) >= 11 is 0. The molecule has 6 nitrogen and oxygen atoms in total. The molecule has 0 atom stereocenters. The van der Waals surface area contributed by atoms with E-state index in [-0.39, 0.29) is 5.91 Å². The molecule has 3 rings (SSSR count). The van der Waals surface area contributed by atoms with Crippen molar-refractivity contribution in [1.82, 2.24) is 20.3 Å². The molecular weight excluding hydrogens is 266 g/mol. The Morgan fingerprint density at radius 3 is 2.67 bits per heavy atom. The summed E-state index contributed by atoms with van der Waals surface area (Å²) in [6.07, 6.45) is 7.35. The summed E-state index contributed by atoms with van der Waals surface area (Å²) in [5.41, 5.74) is 0.584. The molecule has 2 aromatic rings. The fourth-order valence-corrected chi connectivity index (χ4v) is 2.36. The minimum atomic E-state index is -0.146. The first-order chi connectivity index (χ1) is 10.3.